The zero-order chi connectivity index (χ0) is 6.85. The summed E-state index contributed by atoms with van der Waals surface area (Å²) in [6.45, 7) is 1.91. The highest BCUT2D eigenvalue weighted by Crippen LogP contribution is 2.22. The maximum Gasteiger partial charge on any atom is 0.306 e. The van der Waals surface area contributed by atoms with Gasteiger partial charge in [0.2, 0.25) is 0 Å². The zero-order valence-corrected chi connectivity index (χ0v) is 6.39. The molecular weight excluding hydrogens is 132 g/mol. The number of ether oxygens (including phenoxy) is 1. The second-order valence-electron chi connectivity index (χ2n) is 2.44. The molecule has 3 heteroatoms. The predicted octanol–water partition coefficient (Wildman–Crippen LogP) is 0.669. The van der Waals surface area contributed by atoms with Crippen molar-refractivity contribution in [2.24, 2.45) is 0 Å². The van der Waals surface area contributed by atoms with E-state index in [9.17, 15) is 4.79 Å². The molecule has 0 aliphatic carbocycles. The van der Waals surface area contributed by atoms with Crippen LogP contribution in [0.1, 0.15) is 19.8 Å². The van der Waals surface area contributed by atoms with Crippen LogP contribution in [0.3, 0.4) is 0 Å². The standard InChI is InChI=1S/C6H9O2Si/c1-4-2-5(9)3-6(7)8-4/h4-5H,2-3H2,1H3. The average Bonchev–Trinajstić information content (AvgIpc) is 1.59. The lowest BCUT2D eigenvalue weighted by atomic mass is 10.1. The summed E-state index contributed by atoms with van der Waals surface area (Å²) in [5.41, 5.74) is 0.321. The third-order valence-electron chi connectivity index (χ3n) is 1.36. The average molecular weight is 141 g/mol. The first-order valence-electron chi connectivity index (χ1n) is 3.09. The van der Waals surface area contributed by atoms with Crippen molar-refractivity contribution in [3.63, 3.8) is 0 Å². The molecular formula is C6H9O2Si. The van der Waals surface area contributed by atoms with Crippen LogP contribution >= 0.6 is 0 Å². The Bertz CT molecular complexity index is 112. The fourth-order valence-electron chi connectivity index (χ4n) is 1.01. The molecule has 1 aliphatic heterocycles. The first-order valence-corrected chi connectivity index (χ1v) is 3.67. The maximum atomic E-state index is 10.6. The van der Waals surface area contributed by atoms with E-state index in [1.807, 2.05) is 6.92 Å². The van der Waals surface area contributed by atoms with E-state index in [1.165, 1.54) is 0 Å². The van der Waals surface area contributed by atoms with Gasteiger partial charge in [0.1, 0.15) is 0 Å². The largest absolute Gasteiger partial charge is 0.463 e. The summed E-state index contributed by atoms with van der Waals surface area (Å²) in [5, 5.41) is 0. The number of hydrogen-bond donors (Lipinski definition) is 0. The van der Waals surface area contributed by atoms with E-state index in [1.54, 1.807) is 0 Å². The molecule has 2 unspecified atom stereocenters. The lowest BCUT2D eigenvalue weighted by molar-refractivity contribution is -0.152. The summed E-state index contributed by atoms with van der Waals surface area (Å²) in [6, 6.07) is 0. The van der Waals surface area contributed by atoms with Crippen LogP contribution < -0.4 is 0 Å². The molecule has 0 N–H and O–H groups in total. The van der Waals surface area contributed by atoms with Crippen LogP contribution in [0, 0.1) is 0 Å². The number of carbonyl (C=O) groups excluding carboxylic acids is 1. The Kier molecular flexibility index (Phi) is 1.90. The van der Waals surface area contributed by atoms with Crippen LogP contribution in [-0.2, 0) is 9.53 Å². The van der Waals surface area contributed by atoms with Crippen molar-refractivity contribution >= 4 is 16.2 Å². The highest BCUT2D eigenvalue weighted by atomic mass is 28.1. The van der Waals surface area contributed by atoms with Crippen molar-refractivity contribution in [1.29, 1.82) is 0 Å². The van der Waals surface area contributed by atoms with Crippen LogP contribution in [0.15, 0.2) is 0 Å². The maximum absolute atomic E-state index is 10.6. The van der Waals surface area contributed by atoms with Gasteiger partial charge in [-0.1, -0.05) is 0 Å². The Morgan fingerprint density at radius 3 is 2.89 bits per heavy atom. The number of rotatable bonds is 0. The van der Waals surface area contributed by atoms with Gasteiger partial charge < -0.3 is 4.74 Å². The molecule has 1 saturated heterocycles. The number of esters is 1. The van der Waals surface area contributed by atoms with Gasteiger partial charge in [0.15, 0.2) is 0 Å². The van der Waals surface area contributed by atoms with Crippen LogP contribution in [-0.4, -0.2) is 22.3 Å². The second-order valence-corrected chi connectivity index (χ2v) is 3.25. The van der Waals surface area contributed by atoms with E-state index in [4.69, 9.17) is 4.74 Å². The van der Waals surface area contributed by atoms with E-state index < -0.39 is 0 Å². The SMILES string of the molecule is CC1CC([Si])CC(=O)O1. The predicted molar refractivity (Wildman–Crippen MR) is 34.3 cm³/mol. The van der Waals surface area contributed by atoms with Gasteiger partial charge >= 0.3 is 5.97 Å². The zero-order valence-electron chi connectivity index (χ0n) is 5.39. The van der Waals surface area contributed by atoms with E-state index in [-0.39, 0.29) is 12.1 Å². The van der Waals surface area contributed by atoms with Crippen molar-refractivity contribution in [1.82, 2.24) is 0 Å². The summed E-state index contributed by atoms with van der Waals surface area (Å²) in [6.07, 6.45) is 1.54. The lowest BCUT2D eigenvalue weighted by Gasteiger charge is -2.23. The van der Waals surface area contributed by atoms with Crippen molar-refractivity contribution in [3.05, 3.63) is 0 Å². The summed E-state index contributed by atoms with van der Waals surface area (Å²) in [5.74, 6) is -0.0891. The van der Waals surface area contributed by atoms with E-state index in [2.05, 4.69) is 10.2 Å². The Morgan fingerprint density at radius 2 is 2.44 bits per heavy atom. The van der Waals surface area contributed by atoms with Gasteiger partial charge in [-0.05, 0) is 18.9 Å². The minimum absolute atomic E-state index is 0.0891. The first-order chi connectivity index (χ1) is 4.18. The quantitative estimate of drug-likeness (QED) is 0.366. The Balaban J connectivity index is 2.43. The Hall–Kier alpha value is -0.313. The van der Waals surface area contributed by atoms with Crippen LogP contribution in [0.2, 0.25) is 5.54 Å². The van der Waals surface area contributed by atoms with Crippen molar-refractivity contribution < 1.29 is 9.53 Å². The van der Waals surface area contributed by atoms with E-state index in [0.29, 0.717) is 12.0 Å². The van der Waals surface area contributed by atoms with Gasteiger partial charge in [0.25, 0.3) is 0 Å². The summed E-state index contributed by atoms with van der Waals surface area (Å²) < 4.78 is 4.89. The van der Waals surface area contributed by atoms with Gasteiger partial charge in [0.05, 0.1) is 6.10 Å². The highest BCUT2D eigenvalue weighted by Gasteiger charge is 2.21. The molecule has 1 fully saturated rings. The summed E-state index contributed by atoms with van der Waals surface area (Å²) in [7, 11) is 3.42. The minimum Gasteiger partial charge on any atom is -0.463 e. The summed E-state index contributed by atoms with van der Waals surface area (Å²) >= 11 is 0. The molecule has 1 heterocycles. The normalized spacial score (nSPS) is 36.0. The van der Waals surface area contributed by atoms with Gasteiger partial charge in [-0.2, -0.15) is 0 Å². The molecule has 2 nitrogen and oxygen atoms in total. The molecule has 0 aromatic rings. The lowest BCUT2D eigenvalue weighted by Crippen LogP contribution is -2.24. The van der Waals surface area contributed by atoms with Crippen molar-refractivity contribution in [2.45, 2.75) is 31.4 Å². The molecule has 0 bridgehead atoms. The van der Waals surface area contributed by atoms with Gasteiger partial charge in [-0.3, -0.25) is 4.79 Å². The second kappa shape index (κ2) is 2.52. The van der Waals surface area contributed by atoms with Crippen molar-refractivity contribution in [3.8, 4) is 0 Å². The van der Waals surface area contributed by atoms with Crippen molar-refractivity contribution in [2.75, 3.05) is 0 Å². The molecule has 0 amide bonds. The number of carbonyl (C=O) groups is 1. The monoisotopic (exact) mass is 141 g/mol. The topological polar surface area (TPSA) is 26.3 Å². The molecule has 1 rings (SSSR count). The summed E-state index contributed by atoms with van der Waals surface area (Å²) in [4.78, 5) is 10.6. The van der Waals surface area contributed by atoms with Crippen LogP contribution in [0.25, 0.3) is 0 Å². The highest BCUT2D eigenvalue weighted by molar-refractivity contribution is 6.13. The Morgan fingerprint density at radius 1 is 1.78 bits per heavy atom. The third-order valence-corrected chi connectivity index (χ3v) is 1.80. The number of cyclic esters (lactones) is 1. The molecule has 49 valence electrons. The fraction of sp³-hybridized carbons (Fsp3) is 0.833. The molecule has 0 spiro atoms. The fourth-order valence-corrected chi connectivity index (χ4v) is 1.50. The van der Waals surface area contributed by atoms with Gasteiger partial charge in [-0.15, -0.1) is 0 Å². The molecule has 1 aliphatic rings. The van der Waals surface area contributed by atoms with Crippen LogP contribution in [0.4, 0.5) is 0 Å². The van der Waals surface area contributed by atoms with E-state index in [0.717, 1.165) is 6.42 Å². The van der Waals surface area contributed by atoms with Gasteiger partial charge in [-0.25, -0.2) is 0 Å². The first kappa shape index (κ1) is 6.80. The molecule has 3 radical (unpaired) electrons. The molecule has 9 heavy (non-hydrogen) atoms. The third kappa shape index (κ3) is 1.82. The van der Waals surface area contributed by atoms with Crippen LogP contribution in [0.5, 0.6) is 0 Å². The van der Waals surface area contributed by atoms with E-state index >= 15 is 0 Å². The smallest absolute Gasteiger partial charge is 0.306 e. The molecule has 2 atom stereocenters. The minimum atomic E-state index is -0.0891. The number of hydrogen-bond acceptors (Lipinski definition) is 2. The molecule has 0 aromatic carbocycles. The molecule has 0 saturated carbocycles. The molecule has 0 aromatic heterocycles. The Labute approximate surface area is 58.0 Å². The van der Waals surface area contributed by atoms with Gasteiger partial charge in [0, 0.05) is 16.7 Å².